The number of benzene rings is 2. The summed E-state index contributed by atoms with van der Waals surface area (Å²) in [6.07, 6.45) is 0.597. The number of hydrogen-bond acceptors (Lipinski definition) is 3. The third kappa shape index (κ3) is 5.99. The van der Waals surface area contributed by atoms with E-state index in [-0.39, 0.29) is 6.10 Å². The Morgan fingerprint density at radius 1 is 1.16 bits per heavy atom. The molecule has 0 aliphatic heterocycles. The van der Waals surface area contributed by atoms with Crippen LogP contribution in [-0.2, 0) is 6.42 Å². The average molecular weight is 346 g/mol. The van der Waals surface area contributed by atoms with E-state index in [4.69, 9.17) is 9.47 Å². The van der Waals surface area contributed by atoms with Gasteiger partial charge in [-0.15, -0.1) is 0 Å². The Morgan fingerprint density at radius 2 is 1.88 bits per heavy atom. The number of carbonyl (C=O) groups is 1. The van der Waals surface area contributed by atoms with Crippen LogP contribution in [0.3, 0.4) is 0 Å². The predicted molar refractivity (Wildman–Crippen MR) is 95.9 cm³/mol. The summed E-state index contributed by atoms with van der Waals surface area (Å²) in [5, 5.41) is 5.38. The zero-order chi connectivity index (χ0) is 18.2. The van der Waals surface area contributed by atoms with Crippen molar-refractivity contribution in [2.45, 2.75) is 26.4 Å². The molecular formula is C19H23FN2O3. The third-order valence-corrected chi connectivity index (χ3v) is 3.41. The molecule has 2 amide bonds. The summed E-state index contributed by atoms with van der Waals surface area (Å²) in [6, 6.07) is 11.3. The van der Waals surface area contributed by atoms with E-state index in [1.807, 2.05) is 38.1 Å². The van der Waals surface area contributed by atoms with Gasteiger partial charge in [-0.3, -0.25) is 0 Å². The molecule has 134 valence electrons. The van der Waals surface area contributed by atoms with Crippen molar-refractivity contribution in [2.24, 2.45) is 0 Å². The summed E-state index contributed by atoms with van der Waals surface area (Å²) >= 11 is 0. The molecule has 0 fully saturated rings. The molecule has 2 aromatic rings. The fourth-order valence-electron chi connectivity index (χ4n) is 2.24. The number of amides is 2. The maximum Gasteiger partial charge on any atom is 0.319 e. The van der Waals surface area contributed by atoms with E-state index >= 15 is 0 Å². The fraction of sp³-hybridized carbons (Fsp3) is 0.316. The van der Waals surface area contributed by atoms with E-state index < -0.39 is 11.8 Å². The summed E-state index contributed by atoms with van der Waals surface area (Å²) in [4.78, 5) is 12.0. The van der Waals surface area contributed by atoms with Crippen molar-refractivity contribution in [3.63, 3.8) is 0 Å². The number of hydrogen-bond donors (Lipinski definition) is 2. The summed E-state index contributed by atoms with van der Waals surface area (Å²) in [5.41, 5.74) is 1.38. The summed E-state index contributed by atoms with van der Waals surface area (Å²) in [5.74, 6) is 0.782. The Labute approximate surface area is 147 Å². The van der Waals surface area contributed by atoms with E-state index in [0.29, 0.717) is 24.4 Å². The number of carbonyl (C=O) groups excluding carboxylic acids is 1. The molecule has 0 saturated heterocycles. The maximum atomic E-state index is 13.4. The summed E-state index contributed by atoms with van der Waals surface area (Å²) in [6.45, 7) is 4.18. The first-order valence-electron chi connectivity index (χ1n) is 8.12. The molecule has 5 nitrogen and oxygen atoms in total. The average Bonchev–Trinajstić information content (AvgIpc) is 2.57. The molecule has 0 atom stereocenters. The quantitative estimate of drug-likeness (QED) is 0.797. The van der Waals surface area contributed by atoms with Gasteiger partial charge in [0.25, 0.3) is 0 Å². The predicted octanol–water partition coefficient (Wildman–Crippen LogP) is 3.99. The second-order valence-corrected chi connectivity index (χ2v) is 5.79. The highest BCUT2D eigenvalue weighted by molar-refractivity contribution is 5.90. The van der Waals surface area contributed by atoms with Gasteiger partial charge < -0.3 is 20.1 Å². The molecule has 0 saturated carbocycles. The molecule has 2 aromatic carbocycles. The number of halogens is 1. The Bertz CT molecular complexity index is 702. The first kappa shape index (κ1) is 18.6. The molecule has 0 heterocycles. The van der Waals surface area contributed by atoms with Gasteiger partial charge in [-0.2, -0.15) is 0 Å². The van der Waals surface area contributed by atoms with Crippen molar-refractivity contribution in [3.05, 3.63) is 53.8 Å². The van der Waals surface area contributed by atoms with Gasteiger partial charge in [0.2, 0.25) is 0 Å². The van der Waals surface area contributed by atoms with E-state index in [1.54, 1.807) is 7.11 Å². The van der Waals surface area contributed by atoms with Crippen LogP contribution in [-0.4, -0.2) is 25.8 Å². The van der Waals surface area contributed by atoms with Crippen molar-refractivity contribution >= 4 is 11.7 Å². The number of methoxy groups -OCH3 is 1. The molecule has 0 aliphatic carbocycles. The van der Waals surface area contributed by atoms with E-state index in [2.05, 4.69) is 10.6 Å². The number of rotatable bonds is 7. The highest BCUT2D eigenvalue weighted by Crippen LogP contribution is 2.26. The Kier molecular flexibility index (Phi) is 6.62. The van der Waals surface area contributed by atoms with Crippen LogP contribution >= 0.6 is 0 Å². The zero-order valence-corrected chi connectivity index (χ0v) is 14.6. The minimum atomic E-state index is -0.440. The number of nitrogens with one attached hydrogen (secondary N) is 2. The van der Waals surface area contributed by atoms with Gasteiger partial charge in [-0.05, 0) is 50.1 Å². The standard InChI is InChI=1S/C19H23FN2O3/c1-13(2)25-18-9-6-15(20)12-17(18)22-19(23)21-11-10-14-4-7-16(24-3)8-5-14/h4-9,12-13H,10-11H2,1-3H3,(H2,21,22,23). The Morgan fingerprint density at radius 3 is 2.52 bits per heavy atom. The van der Waals surface area contributed by atoms with Crippen molar-refractivity contribution in [2.75, 3.05) is 19.0 Å². The van der Waals surface area contributed by atoms with Crippen LogP contribution in [0.25, 0.3) is 0 Å². The van der Waals surface area contributed by atoms with Gasteiger partial charge in [0.15, 0.2) is 0 Å². The van der Waals surface area contributed by atoms with Crippen LogP contribution in [0.2, 0.25) is 0 Å². The molecule has 0 bridgehead atoms. The van der Waals surface area contributed by atoms with E-state index in [0.717, 1.165) is 11.3 Å². The highest BCUT2D eigenvalue weighted by Gasteiger charge is 2.10. The first-order chi connectivity index (χ1) is 12.0. The third-order valence-electron chi connectivity index (χ3n) is 3.41. The molecule has 0 radical (unpaired) electrons. The molecule has 25 heavy (non-hydrogen) atoms. The van der Waals surface area contributed by atoms with Crippen LogP contribution in [0.1, 0.15) is 19.4 Å². The molecule has 0 aliphatic rings. The van der Waals surface area contributed by atoms with Crippen molar-refractivity contribution < 1.29 is 18.7 Å². The largest absolute Gasteiger partial charge is 0.497 e. The minimum Gasteiger partial charge on any atom is -0.497 e. The van der Waals surface area contributed by atoms with Crippen molar-refractivity contribution in [1.82, 2.24) is 5.32 Å². The van der Waals surface area contributed by atoms with Gasteiger partial charge >= 0.3 is 6.03 Å². The Hall–Kier alpha value is -2.76. The lowest BCUT2D eigenvalue weighted by Crippen LogP contribution is -2.30. The Balaban J connectivity index is 1.88. The van der Waals surface area contributed by atoms with Crippen LogP contribution < -0.4 is 20.1 Å². The van der Waals surface area contributed by atoms with E-state index in [1.165, 1.54) is 18.2 Å². The smallest absolute Gasteiger partial charge is 0.319 e. The SMILES string of the molecule is COc1ccc(CCNC(=O)Nc2cc(F)ccc2OC(C)C)cc1. The molecule has 0 aromatic heterocycles. The fourth-order valence-corrected chi connectivity index (χ4v) is 2.24. The molecule has 2 rings (SSSR count). The molecular weight excluding hydrogens is 323 g/mol. The number of anilines is 1. The van der Waals surface area contributed by atoms with Gasteiger partial charge in [-0.1, -0.05) is 12.1 Å². The lowest BCUT2D eigenvalue weighted by atomic mass is 10.1. The normalized spacial score (nSPS) is 10.4. The topological polar surface area (TPSA) is 59.6 Å². The molecule has 2 N–H and O–H groups in total. The van der Waals surface area contributed by atoms with Crippen LogP contribution in [0.4, 0.5) is 14.9 Å². The number of ether oxygens (including phenoxy) is 2. The maximum absolute atomic E-state index is 13.4. The van der Waals surface area contributed by atoms with Crippen LogP contribution in [0.15, 0.2) is 42.5 Å². The van der Waals surface area contributed by atoms with E-state index in [9.17, 15) is 9.18 Å². The zero-order valence-electron chi connectivity index (χ0n) is 14.6. The van der Waals surface area contributed by atoms with Gasteiger partial charge in [0.05, 0.1) is 18.9 Å². The monoisotopic (exact) mass is 346 g/mol. The number of urea groups is 1. The molecule has 0 unspecified atom stereocenters. The second kappa shape index (κ2) is 8.92. The summed E-state index contributed by atoms with van der Waals surface area (Å²) in [7, 11) is 1.62. The molecule has 6 heteroatoms. The highest BCUT2D eigenvalue weighted by atomic mass is 19.1. The molecule has 0 spiro atoms. The van der Waals surface area contributed by atoms with Gasteiger partial charge in [-0.25, -0.2) is 9.18 Å². The summed E-state index contributed by atoms with van der Waals surface area (Å²) < 4.78 is 24.1. The lowest BCUT2D eigenvalue weighted by Gasteiger charge is -2.15. The van der Waals surface area contributed by atoms with Crippen molar-refractivity contribution in [3.8, 4) is 11.5 Å². The van der Waals surface area contributed by atoms with Gasteiger partial charge in [0.1, 0.15) is 17.3 Å². The first-order valence-corrected chi connectivity index (χ1v) is 8.12. The van der Waals surface area contributed by atoms with Gasteiger partial charge in [0, 0.05) is 12.6 Å². The lowest BCUT2D eigenvalue weighted by molar-refractivity contribution is 0.241. The second-order valence-electron chi connectivity index (χ2n) is 5.79. The minimum absolute atomic E-state index is 0.0795. The van der Waals surface area contributed by atoms with Crippen LogP contribution in [0, 0.1) is 5.82 Å². The van der Waals surface area contributed by atoms with Crippen LogP contribution in [0.5, 0.6) is 11.5 Å². The van der Waals surface area contributed by atoms with Crippen molar-refractivity contribution in [1.29, 1.82) is 0 Å².